The number of methoxy groups -OCH3 is 3. The lowest BCUT2D eigenvalue weighted by molar-refractivity contribution is -0.269. The molecule has 4 aliphatic rings. The van der Waals surface area contributed by atoms with Crippen molar-refractivity contribution in [3.63, 3.8) is 0 Å². The number of aliphatic hydroxyl groups excluding tert-OH is 2. The Morgan fingerprint density at radius 1 is 0.864 bits per heavy atom. The second-order valence-corrected chi connectivity index (χ2v) is 19.8. The van der Waals surface area contributed by atoms with E-state index in [1.165, 1.54) is 12.0 Å². The Labute approximate surface area is 393 Å². The van der Waals surface area contributed by atoms with E-state index in [0.29, 0.717) is 69.8 Å². The maximum Gasteiger partial charge on any atom is 0.329 e. The number of amides is 1. The Kier molecular flexibility index (Phi) is 21.6. The summed E-state index contributed by atoms with van der Waals surface area (Å²) in [5, 5.41) is 34.1. The molecule has 0 aromatic rings. The lowest BCUT2D eigenvalue weighted by Gasteiger charge is -2.43. The summed E-state index contributed by atoms with van der Waals surface area (Å²) >= 11 is 0. The Hall–Kier alpha value is -3.37. The quantitative estimate of drug-likeness (QED) is 0.141. The predicted octanol–water partition coefficient (Wildman–Crippen LogP) is 6.57. The van der Waals surface area contributed by atoms with E-state index in [9.17, 15) is 39.3 Å². The summed E-state index contributed by atoms with van der Waals surface area (Å²) in [5.74, 6) is -7.87. The van der Waals surface area contributed by atoms with Crippen molar-refractivity contribution in [3.05, 3.63) is 47.6 Å². The Morgan fingerprint density at radius 2 is 1.59 bits per heavy atom. The highest BCUT2D eigenvalue weighted by atomic mass is 16.6. The lowest BCUT2D eigenvalue weighted by atomic mass is 9.78. The molecule has 0 unspecified atom stereocenters. The fourth-order valence-corrected chi connectivity index (χ4v) is 10.5. The molecule has 14 heteroatoms. The van der Waals surface area contributed by atoms with Crippen molar-refractivity contribution in [1.82, 2.24) is 4.90 Å². The number of allylic oxidation sites excluding steroid dienone is 6. The Morgan fingerprint density at radius 3 is 2.26 bits per heavy atom. The molecular weight excluding hydrogens is 847 g/mol. The van der Waals surface area contributed by atoms with Gasteiger partial charge in [0.25, 0.3) is 11.7 Å². The van der Waals surface area contributed by atoms with Gasteiger partial charge in [0.2, 0.25) is 5.79 Å². The van der Waals surface area contributed by atoms with Crippen LogP contribution in [0.3, 0.4) is 0 Å². The summed E-state index contributed by atoms with van der Waals surface area (Å²) in [5.41, 5.74) is 1.27. The fourth-order valence-electron chi connectivity index (χ4n) is 10.5. The highest BCUT2D eigenvalue weighted by Crippen LogP contribution is 2.39. The smallest absolute Gasteiger partial charge is 0.329 e. The third-order valence-electron chi connectivity index (χ3n) is 14.8. The zero-order valence-electron chi connectivity index (χ0n) is 41.3. The number of esters is 1. The topological polar surface area (TPSA) is 195 Å². The van der Waals surface area contributed by atoms with E-state index in [0.717, 1.165) is 12.0 Å². The van der Waals surface area contributed by atoms with Crippen LogP contribution in [-0.4, -0.2) is 132 Å². The molecule has 1 saturated carbocycles. The number of aliphatic hydroxyl groups is 3. The van der Waals surface area contributed by atoms with Crippen molar-refractivity contribution >= 4 is 29.2 Å². The van der Waals surface area contributed by atoms with Gasteiger partial charge in [-0.3, -0.25) is 19.2 Å². The molecule has 66 heavy (non-hydrogen) atoms. The Balaban J connectivity index is 1.72. The third kappa shape index (κ3) is 14.3. The van der Waals surface area contributed by atoms with Crippen LogP contribution in [0.1, 0.15) is 132 Å². The highest BCUT2D eigenvalue weighted by Gasteiger charge is 2.54. The maximum atomic E-state index is 14.4. The van der Waals surface area contributed by atoms with Gasteiger partial charge in [-0.1, -0.05) is 71.1 Å². The number of rotatable bonds is 7. The largest absolute Gasteiger partial charge is 0.460 e. The number of fused-ring (bicyclic) bond motifs is 3. The van der Waals surface area contributed by atoms with Crippen LogP contribution in [-0.2, 0) is 47.7 Å². The fraction of sp³-hybridized carbons (Fsp3) is 0.750. The van der Waals surface area contributed by atoms with Gasteiger partial charge in [-0.25, -0.2) is 4.79 Å². The molecule has 3 aliphatic heterocycles. The van der Waals surface area contributed by atoms with Crippen molar-refractivity contribution in [2.24, 2.45) is 35.5 Å². The number of piperidine rings is 1. The normalized spacial score (nSPS) is 40.0. The van der Waals surface area contributed by atoms with E-state index in [2.05, 4.69) is 0 Å². The molecule has 3 fully saturated rings. The van der Waals surface area contributed by atoms with Gasteiger partial charge in [0.1, 0.15) is 30.1 Å². The van der Waals surface area contributed by atoms with Crippen LogP contribution in [0, 0.1) is 35.5 Å². The summed E-state index contributed by atoms with van der Waals surface area (Å²) in [6, 6.07) is -1.14. The maximum absolute atomic E-state index is 14.4. The summed E-state index contributed by atoms with van der Waals surface area (Å²) in [7, 11) is 4.53. The second kappa shape index (κ2) is 25.8. The van der Waals surface area contributed by atoms with Crippen LogP contribution in [0.25, 0.3) is 0 Å². The average molecular weight is 928 g/mol. The van der Waals surface area contributed by atoms with Crippen molar-refractivity contribution in [1.29, 1.82) is 0 Å². The first-order valence-corrected chi connectivity index (χ1v) is 24.5. The summed E-state index contributed by atoms with van der Waals surface area (Å²) in [4.78, 5) is 72.2. The molecule has 1 aliphatic carbocycles. The number of cyclic esters (lactones) is 1. The number of carbonyl (C=O) groups excluding carboxylic acids is 5. The van der Waals surface area contributed by atoms with Crippen LogP contribution < -0.4 is 0 Å². The van der Waals surface area contributed by atoms with Crippen LogP contribution in [0.15, 0.2) is 47.6 Å². The van der Waals surface area contributed by atoms with Gasteiger partial charge in [-0.05, 0) is 113 Å². The lowest BCUT2D eigenvalue weighted by Crippen LogP contribution is -2.61. The monoisotopic (exact) mass is 928 g/mol. The molecule has 0 radical (unpaired) electrons. The summed E-state index contributed by atoms with van der Waals surface area (Å²) < 4.78 is 29.5. The number of carbonyl (C=O) groups is 5. The molecule has 372 valence electrons. The minimum absolute atomic E-state index is 0.0189. The van der Waals surface area contributed by atoms with Crippen LogP contribution in [0.4, 0.5) is 0 Å². The van der Waals surface area contributed by atoms with Crippen molar-refractivity contribution in [2.75, 3.05) is 27.9 Å². The van der Waals surface area contributed by atoms with Gasteiger partial charge < -0.3 is 43.9 Å². The number of hydrogen-bond acceptors (Lipinski definition) is 13. The second-order valence-electron chi connectivity index (χ2n) is 19.8. The number of hydrogen-bond donors (Lipinski definition) is 3. The van der Waals surface area contributed by atoms with Crippen LogP contribution >= 0.6 is 0 Å². The molecule has 3 heterocycles. The van der Waals surface area contributed by atoms with Gasteiger partial charge in [0.05, 0.1) is 24.4 Å². The van der Waals surface area contributed by atoms with E-state index in [1.54, 1.807) is 34.1 Å². The van der Waals surface area contributed by atoms with Gasteiger partial charge in [0, 0.05) is 58.5 Å². The van der Waals surface area contributed by atoms with Gasteiger partial charge in [-0.15, -0.1) is 0 Å². The minimum Gasteiger partial charge on any atom is -0.460 e. The highest BCUT2D eigenvalue weighted by molar-refractivity contribution is 6.39. The number of ketones is 3. The molecule has 0 aromatic heterocycles. The average Bonchev–Trinajstić information content (AvgIpc) is 3.29. The third-order valence-corrected chi connectivity index (χ3v) is 14.8. The molecule has 0 aromatic carbocycles. The first-order chi connectivity index (χ1) is 31.3. The van der Waals surface area contributed by atoms with Crippen LogP contribution in [0.5, 0.6) is 0 Å². The SMILES string of the molecule is CC[C@@H]1CC[C@H]2C[C@H](OC)/C(C)=C/C=C/C=C/[C@@H](C)C[C@@H](C)C(=O)[C@H](OC)[C@H](O)/C(C)=C/[C@@H](C)C(=O)C[C@@H]([C@@H](C)C[C@@H]3CC[C@@H](O)[C@H](OC)C3)OC(=O)[C@@H]3CCCCN3C(=O)C(=O)[C@]1(O)O2. The minimum atomic E-state index is -2.42. The van der Waals surface area contributed by atoms with E-state index in [4.69, 9.17) is 23.7 Å². The van der Waals surface area contributed by atoms with Gasteiger partial charge in [0.15, 0.2) is 5.78 Å². The standard InChI is InChI=1S/C52H81NO13/c1-11-38-21-22-39-29-43(62-8)32(3)18-14-12-13-17-31(2)25-35(6)46(56)48(64-10)47(57)36(7)26-33(4)42(55)30-44(34(5)27-37-20-23-41(54)45(28-37)63-9)65-51(60)40-19-15-16-24-53(40)50(59)49(58)52(38,61)66-39/h12-14,17-18,26,31,33-35,37-41,43-45,47-48,54,57,61H,11,15-16,19-25,27-30H2,1-10H3/b14-12+,17-13+,32-18+,36-26+/t31-,33-,34+,35-,37+,38-,39+,40+,41-,43+,44+,45-,47-,48+,52-/m1/s1. The molecule has 2 saturated heterocycles. The molecule has 2 bridgehead atoms. The molecular formula is C52H81NO13. The first-order valence-electron chi connectivity index (χ1n) is 24.5. The molecule has 3 N–H and O–H groups in total. The first kappa shape index (κ1) is 55.2. The number of Topliss-reactive ketones (excluding diaryl/α,β-unsaturated/α-hetero) is 3. The van der Waals surface area contributed by atoms with E-state index < -0.39 is 83.9 Å². The van der Waals surface area contributed by atoms with Crippen molar-refractivity contribution in [3.8, 4) is 0 Å². The van der Waals surface area contributed by atoms with E-state index in [1.807, 2.05) is 65.0 Å². The molecule has 15 atom stereocenters. The zero-order chi connectivity index (χ0) is 48.9. The van der Waals surface area contributed by atoms with Crippen LogP contribution in [0.2, 0.25) is 0 Å². The predicted molar refractivity (Wildman–Crippen MR) is 250 cm³/mol. The van der Waals surface area contributed by atoms with Crippen molar-refractivity contribution < 1.29 is 63.0 Å². The molecule has 1 amide bonds. The van der Waals surface area contributed by atoms with Gasteiger partial charge in [-0.2, -0.15) is 0 Å². The van der Waals surface area contributed by atoms with E-state index >= 15 is 0 Å². The van der Waals surface area contributed by atoms with Gasteiger partial charge >= 0.3 is 5.97 Å². The summed E-state index contributed by atoms with van der Waals surface area (Å²) in [6.07, 6.45) is 11.6. The number of nitrogens with zero attached hydrogens (tertiary/aromatic N) is 1. The van der Waals surface area contributed by atoms with Crippen molar-refractivity contribution in [2.45, 2.75) is 186 Å². The van der Waals surface area contributed by atoms with E-state index in [-0.39, 0.29) is 54.8 Å². The summed E-state index contributed by atoms with van der Waals surface area (Å²) in [6.45, 7) is 12.9. The zero-order valence-corrected chi connectivity index (χ0v) is 41.3. The molecule has 0 spiro atoms. The number of ether oxygens (including phenoxy) is 5. The molecule has 4 rings (SSSR count). The Bertz CT molecular complexity index is 1770. The molecule has 14 nitrogen and oxygen atoms in total.